The first-order valence-corrected chi connectivity index (χ1v) is 12.6. The van der Waals surface area contributed by atoms with E-state index in [0.29, 0.717) is 16.4 Å². The monoisotopic (exact) mass is 500 g/mol. The average molecular weight is 501 g/mol. The van der Waals surface area contributed by atoms with E-state index in [1.165, 1.54) is 11.9 Å². The van der Waals surface area contributed by atoms with Gasteiger partial charge in [-0.3, -0.25) is 19.7 Å². The summed E-state index contributed by atoms with van der Waals surface area (Å²) < 4.78 is 0. The molecular formula is C25H32N4O5S. The number of benzene rings is 1. The number of carboxylic acid groups (broad SMARTS) is 1. The molecule has 0 spiro atoms. The van der Waals surface area contributed by atoms with Crippen molar-refractivity contribution in [2.24, 2.45) is 5.92 Å². The van der Waals surface area contributed by atoms with Gasteiger partial charge in [0.25, 0.3) is 5.91 Å². The van der Waals surface area contributed by atoms with Crippen LogP contribution in [0.5, 0.6) is 0 Å². The summed E-state index contributed by atoms with van der Waals surface area (Å²) in [4.78, 5) is 50.5. The number of thiophene rings is 1. The highest BCUT2D eigenvalue weighted by Gasteiger charge is 2.28. The minimum absolute atomic E-state index is 0.125. The van der Waals surface area contributed by atoms with Crippen LogP contribution in [0.1, 0.15) is 53.8 Å². The van der Waals surface area contributed by atoms with Crippen molar-refractivity contribution in [1.82, 2.24) is 15.5 Å². The van der Waals surface area contributed by atoms with E-state index in [-0.39, 0.29) is 36.7 Å². The van der Waals surface area contributed by atoms with Crippen LogP contribution in [0.25, 0.3) is 0 Å². The Morgan fingerprint density at radius 2 is 1.77 bits per heavy atom. The van der Waals surface area contributed by atoms with Gasteiger partial charge in [-0.05, 0) is 36.5 Å². The van der Waals surface area contributed by atoms with Crippen LogP contribution in [-0.2, 0) is 16.1 Å². The summed E-state index contributed by atoms with van der Waals surface area (Å²) in [6.45, 7) is 0.200. The fourth-order valence-electron chi connectivity index (χ4n) is 4.24. The third kappa shape index (κ3) is 8.40. The Labute approximate surface area is 208 Å². The number of hydrogen-bond donors (Lipinski definition) is 4. The van der Waals surface area contributed by atoms with Gasteiger partial charge >= 0.3 is 12.0 Å². The van der Waals surface area contributed by atoms with Gasteiger partial charge in [0.2, 0.25) is 5.91 Å². The molecule has 1 aromatic carbocycles. The molecule has 1 heterocycles. The molecule has 9 nitrogen and oxygen atoms in total. The fraction of sp³-hybridized carbons (Fsp3) is 0.440. The Morgan fingerprint density at radius 1 is 1.06 bits per heavy atom. The van der Waals surface area contributed by atoms with E-state index >= 15 is 0 Å². The summed E-state index contributed by atoms with van der Waals surface area (Å²) in [7, 11) is 1.52. The Kier molecular flexibility index (Phi) is 9.66. The van der Waals surface area contributed by atoms with E-state index in [9.17, 15) is 24.3 Å². The first-order chi connectivity index (χ1) is 16.8. The zero-order valence-corrected chi connectivity index (χ0v) is 20.6. The second kappa shape index (κ2) is 12.9. The van der Waals surface area contributed by atoms with Crippen molar-refractivity contribution < 1.29 is 24.3 Å². The van der Waals surface area contributed by atoms with E-state index in [1.807, 2.05) is 30.3 Å². The van der Waals surface area contributed by atoms with Crippen molar-refractivity contribution >= 4 is 40.2 Å². The minimum Gasteiger partial charge on any atom is -0.481 e. The summed E-state index contributed by atoms with van der Waals surface area (Å²) in [6.07, 6.45) is 4.88. The summed E-state index contributed by atoms with van der Waals surface area (Å²) in [5.74, 6) is -1.54. The second-order valence-electron chi connectivity index (χ2n) is 8.79. The number of carbonyl (C=O) groups is 4. The zero-order valence-electron chi connectivity index (χ0n) is 19.8. The van der Waals surface area contributed by atoms with Crippen LogP contribution in [0.3, 0.4) is 0 Å². The summed E-state index contributed by atoms with van der Waals surface area (Å²) in [5.41, 5.74) is 0.971. The van der Waals surface area contributed by atoms with Crippen LogP contribution in [0.4, 0.5) is 9.80 Å². The number of rotatable bonds is 10. The van der Waals surface area contributed by atoms with Crippen molar-refractivity contribution in [3.63, 3.8) is 0 Å². The summed E-state index contributed by atoms with van der Waals surface area (Å²) in [6, 6.07) is 11.9. The van der Waals surface area contributed by atoms with Gasteiger partial charge in [-0.1, -0.05) is 49.6 Å². The molecule has 3 rings (SSSR count). The largest absolute Gasteiger partial charge is 0.481 e. The molecule has 10 heteroatoms. The highest BCUT2D eigenvalue weighted by atomic mass is 32.1. The van der Waals surface area contributed by atoms with Gasteiger partial charge in [0, 0.05) is 19.6 Å². The predicted molar refractivity (Wildman–Crippen MR) is 134 cm³/mol. The molecule has 1 saturated carbocycles. The third-order valence-electron chi connectivity index (χ3n) is 6.04. The average Bonchev–Trinajstić information content (AvgIpc) is 3.31. The molecule has 188 valence electrons. The van der Waals surface area contributed by atoms with E-state index < -0.39 is 12.0 Å². The van der Waals surface area contributed by atoms with Crippen LogP contribution in [0.15, 0.2) is 42.5 Å². The lowest BCUT2D eigenvalue weighted by Gasteiger charge is -2.30. The zero-order chi connectivity index (χ0) is 25.2. The Hall–Kier alpha value is -3.40. The van der Waals surface area contributed by atoms with Crippen molar-refractivity contribution in [2.45, 2.75) is 51.1 Å². The number of carbonyl (C=O) groups excluding carboxylic acids is 3. The lowest BCUT2D eigenvalue weighted by molar-refractivity contribution is -0.138. The van der Waals surface area contributed by atoms with Crippen LogP contribution in [-0.4, -0.2) is 53.5 Å². The Bertz CT molecular complexity index is 1020. The fourth-order valence-corrected chi connectivity index (χ4v) is 5.14. The number of carboxylic acids is 1. The van der Waals surface area contributed by atoms with Gasteiger partial charge < -0.3 is 20.6 Å². The predicted octanol–water partition coefficient (Wildman–Crippen LogP) is 3.68. The van der Waals surface area contributed by atoms with Crippen LogP contribution in [0, 0.1) is 5.92 Å². The number of hydrogen-bond acceptors (Lipinski definition) is 5. The molecule has 1 aromatic heterocycles. The molecule has 0 aliphatic heterocycles. The number of likely N-dealkylation sites (N-methyl/N-ethyl adjacent to an activating group) is 1. The molecule has 35 heavy (non-hydrogen) atoms. The van der Waals surface area contributed by atoms with Gasteiger partial charge in [0.1, 0.15) is 0 Å². The van der Waals surface area contributed by atoms with E-state index in [0.717, 1.165) is 49.0 Å². The standard InChI is InChI=1S/C25H32N4O5S/c1-29(16-21(30)27-19(14-23(31)32)18-10-6-3-7-11-18)24(33)20-12-13-22(35-20)28-25(34)26-15-17-8-4-2-5-9-17/h2,4-5,8-9,12-13,18-19H,3,6-7,10-11,14-16H2,1H3,(H,27,30)(H,31,32)(H2,26,28,34). The van der Waals surface area contributed by atoms with E-state index in [1.54, 1.807) is 12.1 Å². The van der Waals surface area contributed by atoms with Gasteiger partial charge in [-0.15, -0.1) is 11.3 Å². The van der Waals surface area contributed by atoms with E-state index in [4.69, 9.17) is 0 Å². The van der Waals surface area contributed by atoms with Gasteiger partial charge in [-0.25, -0.2) is 4.79 Å². The topological polar surface area (TPSA) is 128 Å². The molecule has 0 radical (unpaired) electrons. The van der Waals surface area contributed by atoms with Gasteiger partial charge in [-0.2, -0.15) is 0 Å². The molecule has 1 atom stereocenters. The molecule has 1 aliphatic rings. The maximum absolute atomic E-state index is 12.8. The molecular weight excluding hydrogens is 468 g/mol. The summed E-state index contributed by atoms with van der Waals surface area (Å²) >= 11 is 1.12. The van der Waals surface area contributed by atoms with Crippen LogP contribution >= 0.6 is 11.3 Å². The molecule has 4 amide bonds. The first-order valence-electron chi connectivity index (χ1n) is 11.8. The molecule has 2 aromatic rings. The second-order valence-corrected chi connectivity index (χ2v) is 9.87. The van der Waals surface area contributed by atoms with Gasteiger partial charge in [0.15, 0.2) is 0 Å². The lowest BCUT2D eigenvalue weighted by Crippen LogP contribution is -2.46. The highest BCUT2D eigenvalue weighted by molar-refractivity contribution is 7.18. The maximum Gasteiger partial charge on any atom is 0.320 e. The number of nitrogens with one attached hydrogen (secondary N) is 3. The molecule has 0 bridgehead atoms. The molecule has 4 N–H and O–H groups in total. The molecule has 1 unspecified atom stereocenters. The number of urea groups is 1. The molecule has 0 saturated heterocycles. The minimum atomic E-state index is -0.947. The highest BCUT2D eigenvalue weighted by Crippen LogP contribution is 2.28. The molecule has 1 aliphatic carbocycles. The number of aliphatic carboxylic acids is 1. The lowest BCUT2D eigenvalue weighted by atomic mass is 9.82. The van der Waals surface area contributed by atoms with Crippen molar-refractivity contribution in [1.29, 1.82) is 0 Å². The Morgan fingerprint density at radius 3 is 2.46 bits per heavy atom. The smallest absolute Gasteiger partial charge is 0.320 e. The number of amides is 4. The maximum atomic E-state index is 12.8. The van der Waals surface area contributed by atoms with Crippen molar-refractivity contribution in [3.05, 3.63) is 52.9 Å². The number of anilines is 1. The van der Waals surface area contributed by atoms with Crippen LogP contribution < -0.4 is 16.0 Å². The van der Waals surface area contributed by atoms with Crippen LogP contribution in [0.2, 0.25) is 0 Å². The first kappa shape index (κ1) is 26.2. The van der Waals surface area contributed by atoms with Crippen molar-refractivity contribution in [2.75, 3.05) is 18.9 Å². The Balaban J connectivity index is 1.49. The quantitative estimate of drug-likeness (QED) is 0.396. The summed E-state index contributed by atoms with van der Waals surface area (Å²) in [5, 5.41) is 18.1. The van der Waals surface area contributed by atoms with E-state index in [2.05, 4.69) is 16.0 Å². The van der Waals surface area contributed by atoms with Crippen molar-refractivity contribution in [3.8, 4) is 0 Å². The SMILES string of the molecule is CN(CC(=O)NC(CC(=O)O)C1CCCCC1)C(=O)c1ccc(NC(=O)NCc2ccccc2)s1. The normalized spacial score (nSPS) is 14.5. The number of nitrogens with zero attached hydrogens (tertiary/aromatic N) is 1. The van der Waals surface area contributed by atoms with Gasteiger partial charge in [0.05, 0.1) is 22.8 Å². The molecule has 1 fully saturated rings. The third-order valence-corrected chi connectivity index (χ3v) is 7.03.